The van der Waals surface area contributed by atoms with Crippen molar-refractivity contribution in [2.75, 3.05) is 13.2 Å². The molecule has 0 aliphatic carbocycles. The van der Waals surface area contributed by atoms with Crippen molar-refractivity contribution in [2.24, 2.45) is 0 Å². The van der Waals surface area contributed by atoms with Crippen LogP contribution in [0.1, 0.15) is 6.92 Å². The summed E-state index contributed by atoms with van der Waals surface area (Å²) in [5.41, 5.74) is 0.263. The molecule has 86 valence electrons. The Balaban J connectivity index is 2.35. The summed E-state index contributed by atoms with van der Waals surface area (Å²) in [5.74, 6) is -0.400. The van der Waals surface area contributed by atoms with E-state index in [1.165, 1.54) is 6.92 Å². The fourth-order valence-electron chi connectivity index (χ4n) is 1.02. The molecule has 0 amide bonds. The predicted molar refractivity (Wildman–Crippen MR) is 45.4 cm³/mol. The molecule has 1 aliphatic heterocycles. The second-order valence-corrected chi connectivity index (χ2v) is 3.35. The Labute approximate surface area is 84.8 Å². The van der Waals surface area contributed by atoms with E-state index in [-0.39, 0.29) is 18.8 Å². The largest absolute Gasteiger partial charge is 0.417 e. The fourth-order valence-corrected chi connectivity index (χ4v) is 1.02. The first kappa shape index (κ1) is 12.2. The highest BCUT2D eigenvalue weighted by Gasteiger charge is 2.52. The molecule has 1 aliphatic rings. The third kappa shape index (κ3) is 3.04. The molecule has 0 aromatic rings. The highest BCUT2D eigenvalue weighted by molar-refractivity contribution is 5.95. The molecule has 0 spiro atoms. The van der Waals surface area contributed by atoms with Gasteiger partial charge in [-0.2, -0.15) is 13.2 Å². The Morgan fingerprint density at radius 2 is 2.20 bits per heavy atom. The van der Waals surface area contributed by atoms with Crippen molar-refractivity contribution < 1.29 is 27.4 Å². The normalized spacial score (nSPS) is 25.9. The smallest absolute Gasteiger partial charge is 0.365 e. The summed E-state index contributed by atoms with van der Waals surface area (Å²) in [6.45, 7) is 4.33. The van der Waals surface area contributed by atoms with Gasteiger partial charge in [-0.05, 0) is 12.5 Å². The standard InChI is InChI=1S/C9H11F3O3/c1-5(2)6(13)3-14-7-4-15-8(7)9(10,11)12/h7-8H,1,3-4H2,2H3. The predicted octanol–water partition coefficient (Wildman–Crippen LogP) is 1.48. The molecule has 0 aromatic heterocycles. The quantitative estimate of drug-likeness (QED) is 0.678. The van der Waals surface area contributed by atoms with Crippen molar-refractivity contribution in [2.45, 2.75) is 25.3 Å². The maximum absolute atomic E-state index is 12.1. The molecule has 2 unspecified atom stereocenters. The lowest BCUT2D eigenvalue weighted by Gasteiger charge is -2.37. The minimum Gasteiger partial charge on any atom is -0.365 e. The number of halogens is 3. The molecular weight excluding hydrogens is 213 g/mol. The summed E-state index contributed by atoms with van der Waals surface area (Å²) in [7, 11) is 0. The Hall–Kier alpha value is -0.880. The van der Waals surface area contributed by atoms with Gasteiger partial charge in [0, 0.05) is 0 Å². The molecule has 1 saturated heterocycles. The van der Waals surface area contributed by atoms with Gasteiger partial charge >= 0.3 is 6.18 Å². The molecule has 1 heterocycles. The first-order valence-corrected chi connectivity index (χ1v) is 4.31. The average molecular weight is 224 g/mol. The van der Waals surface area contributed by atoms with Crippen molar-refractivity contribution in [3.8, 4) is 0 Å². The van der Waals surface area contributed by atoms with Crippen LogP contribution in [0.3, 0.4) is 0 Å². The zero-order valence-electron chi connectivity index (χ0n) is 8.13. The summed E-state index contributed by atoms with van der Waals surface area (Å²) >= 11 is 0. The molecule has 0 saturated carbocycles. The van der Waals surface area contributed by atoms with Crippen LogP contribution in [-0.4, -0.2) is 37.4 Å². The molecular formula is C9H11F3O3. The van der Waals surface area contributed by atoms with Crippen LogP contribution in [0.15, 0.2) is 12.2 Å². The van der Waals surface area contributed by atoms with Gasteiger partial charge in [-0.1, -0.05) is 6.58 Å². The Kier molecular flexibility index (Phi) is 3.51. The number of hydrogen-bond acceptors (Lipinski definition) is 3. The van der Waals surface area contributed by atoms with E-state index in [2.05, 4.69) is 11.3 Å². The number of Topliss-reactive ketones (excluding diaryl/α,β-unsaturated/α-hetero) is 1. The van der Waals surface area contributed by atoms with Crippen molar-refractivity contribution >= 4 is 5.78 Å². The molecule has 2 atom stereocenters. The minimum absolute atomic E-state index is 0.131. The number of carbonyl (C=O) groups is 1. The lowest BCUT2D eigenvalue weighted by molar-refractivity contribution is -0.310. The summed E-state index contributed by atoms with van der Waals surface area (Å²) in [6, 6.07) is 0. The Bertz CT molecular complexity index is 272. The maximum atomic E-state index is 12.1. The molecule has 1 rings (SSSR count). The van der Waals surface area contributed by atoms with E-state index < -0.39 is 24.2 Å². The van der Waals surface area contributed by atoms with E-state index in [1.807, 2.05) is 0 Å². The molecule has 0 bridgehead atoms. The molecule has 1 fully saturated rings. The van der Waals surface area contributed by atoms with Crippen molar-refractivity contribution in [1.82, 2.24) is 0 Å². The van der Waals surface area contributed by atoms with Crippen LogP contribution in [0, 0.1) is 0 Å². The third-order valence-electron chi connectivity index (χ3n) is 2.00. The third-order valence-corrected chi connectivity index (χ3v) is 2.00. The number of ether oxygens (including phenoxy) is 2. The summed E-state index contributed by atoms with van der Waals surface area (Å²) < 4.78 is 45.5. The molecule has 6 heteroatoms. The van der Waals surface area contributed by atoms with Crippen LogP contribution < -0.4 is 0 Å². The maximum Gasteiger partial charge on any atom is 0.417 e. The summed E-state index contributed by atoms with van der Waals surface area (Å²) in [4.78, 5) is 11.0. The van der Waals surface area contributed by atoms with Gasteiger partial charge < -0.3 is 9.47 Å². The molecule has 3 nitrogen and oxygen atoms in total. The Morgan fingerprint density at radius 1 is 1.60 bits per heavy atom. The van der Waals surface area contributed by atoms with E-state index in [0.717, 1.165) is 0 Å². The number of alkyl halides is 3. The average Bonchev–Trinajstić information content (AvgIpc) is 1.98. The second kappa shape index (κ2) is 4.32. The van der Waals surface area contributed by atoms with Gasteiger partial charge in [0.1, 0.15) is 12.7 Å². The van der Waals surface area contributed by atoms with Gasteiger partial charge in [0.15, 0.2) is 11.9 Å². The molecule has 0 aromatic carbocycles. The van der Waals surface area contributed by atoms with Gasteiger partial charge in [0.05, 0.1) is 6.61 Å². The number of rotatable bonds is 4. The van der Waals surface area contributed by atoms with E-state index in [9.17, 15) is 18.0 Å². The van der Waals surface area contributed by atoms with Crippen LogP contribution in [0.2, 0.25) is 0 Å². The first-order valence-electron chi connectivity index (χ1n) is 4.31. The van der Waals surface area contributed by atoms with Crippen molar-refractivity contribution in [1.29, 1.82) is 0 Å². The SMILES string of the molecule is C=C(C)C(=O)COC1COC1C(F)(F)F. The Morgan fingerprint density at radius 3 is 2.53 bits per heavy atom. The fraction of sp³-hybridized carbons (Fsp3) is 0.667. The highest BCUT2D eigenvalue weighted by Crippen LogP contribution is 2.32. The highest BCUT2D eigenvalue weighted by atomic mass is 19.4. The minimum atomic E-state index is -4.44. The van der Waals surface area contributed by atoms with E-state index in [0.29, 0.717) is 0 Å². The monoisotopic (exact) mass is 224 g/mol. The first-order chi connectivity index (χ1) is 6.82. The number of carbonyl (C=O) groups excluding carboxylic acids is 1. The van der Waals surface area contributed by atoms with Gasteiger partial charge in [-0.25, -0.2) is 0 Å². The zero-order chi connectivity index (χ0) is 11.6. The van der Waals surface area contributed by atoms with Gasteiger partial charge in [-0.15, -0.1) is 0 Å². The van der Waals surface area contributed by atoms with E-state index in [4.69, 9.17) is 4.74 Å². The van der Waals surface area contributed by atoms with Crippen LogP contribution >= 0.6 is 0 Å². The topological polar surface area (TPSA) is 35.5 Å². The van der Waals surface area contributed by atoms with Crippen LogP contribution in [0.4, 0.5) is 13.2 Å². The molecule has 0 N–H and O–H groups in total. The number of hydrogen-bond donors (Lipinski definition) is 0. The molecule has 0 radical (unpaired) electrons. The zero-order valence-corrected chi connectivity index (χ0v) is 8.13. The van der Waals surface area contributed by atoms with Gasteiger partial charge in [-0.3, -0.25) is 4.79 Å². The second-order valence-electron chi connectivity index (χ2n) is 3.35. The van der Waals surface area contributed by atoms with Gasteiger partial charge in [0.25, 0.3) is 0 Å². The van der Waals surface area contributed by atoms with Gasteiger partial charge in [0.2, 0.25) is 0 Å². The lowest BCUT2D eigenvalue weighted by Crippen LogP contribution is -2.55. The molecule has 15 heavy (non-hydrogen) atoms. The van der Waals surface area contributed by atoms with E-state index in [1.54, 1.807) is 0 Å². The number of ketones is 1. The summed E-state index contributed by atoms with van der Waals surface area (Å²) in [6.07, 6.45) is -7.42. The van der Waals surface area contributed by atoms with Crippen LogP contribution in [-0.2, 0) is 14.3 Å². The van der Waals surface area contributed by atoms with Crippen molar-refractivity contribution in [3.05, 3.63) is 12.2 Å². The summed E-state index contributed by atoms with van der Waals surface area (Å²) in [5, 5.41) is 0. The van der Waals surface area contributed by atoms with Crippen LogP contribution in [0.5, 0.6) is 0 Å². The van der Waals surface area contributed by atoms with Crippen molar-refractivity contribution in [3.63, 3.8) is 0 Å². The van der Waals surface area contributed by atoms with E-state index >= 15 is 0 Å². The van der Waals surface area contributed by atoms with Crippen LogP contribution in [0.25, 0.3) is 0 Å². The lowest BCUT2D eigenvalue weighted by atomic mass is 10.1.